The van der Waals surface area contributed by atoms with E-state index in [1.165, 1.54) is 29.6 Å². The van der Waals surface area contributed by atoms with Crippen LogP contribution in [0.2, 0.25) is 0 Å². The summed E-state index contributed by atoms with van der Waals surface area (Å²) in [5, 5.41) is 4.22. The predicted molar refractivity (Wildman–Crippen MR) is 96.1 cm³/mol. The zero-order valence-electron chi connectivity index (χ0n) is 14.2. The minimum absolute atomic E-state index is 0. The van der Waals surface area contributed by atoms with Gasteiger partial charge in [0.15, 0.2) is 0 Å². The van der Waals surface area contributed by atoms with Gasteiger partial charge in [0, 0.05) is 11.0 Å². The number of hydrogen-bond acceptors (Lipinski definition) is 0. The van der Waals surface area contributed by atoms with Gasteiger partial charge in [0.05, 0.1) is 6.04 Å². The van der Waals surface area contributed by atoms with Crippen LogP contribution in [0.25, 0.3) is 0 Å². The molecular weight excluding hydrogens is 390 g/mol. The number of rotatable bonds is 1. The second-order valence-corrected chi connectivity index (χ2v) is 6.48. The Kier molecular flexibility index (Phi) is 8.87. The van der Waals surface area contributed by atoms with Crippen LogP contribution in [0, 0.1) is 55.0 Å². The first-order valence-electron chi connectivity index (χ1n) is 7.45. The van der Waals surface area contributed by atoms with Gasteiger partial charge in [-0.3, -0.25) is 0 Å². The van der Waals surface area contributed by atoms with Crippen molar-refractivity contribution in [2.24, 2.45) is 0 Å². The van der Waals surface area contributed by atoms with Gasteiger partial charge in [0.25, 0.3) is 0 Å². The van der Waals surface area contributed by atoms with Crippen molar-refractivity contribution in [3.63, 3.8) is 0 Å². The summed E-state index contributed by atoms with van der Waals surface area (Å²) >= 11 is 3.48. The number of benzene rings is 1. The number of nitrogens with zero attached hydrogens (tertiary/aromatic N) is 1. The van der Waals surface area contributed by atoms with Gasteiger partial charge in [-0.25, -0.2) is 5.32 Å². The van der Waals surface area contributed by atoms with E-state index >= 15 is 0 Å². The molecule has 10 radical (unpaired) electrons. The summed E-state index contributed by atoms with van der Waals surface area (Å²) in [6, 6.07) is 9.09. The third-order valence-corrected chi connectivity index (χ3v) is 5.21. The van der Waals surface area contributed by atoms with Crippen LogP contribution in [0.1, 0.15) is 40.2 Å². The SMILES string of the molecule is Brc1ccccc1[C]1[CH][CH][CH][N]1.C[C]1[C](C)[C](C)[C](C)[C]1C.[Fe+2]. The van der Waals surface area contributed by atoms with Crippen molar-refractivity contribution in [1.82, 2.24) is 5.32 Å². The van der Waals surface area contributed by atoms with Crippen molar-refractivity contribution in [3.05, 3.63) is 89.3 Å². The zero-order valence-corrected chi connectivity index (χ0v) is 16.9. The first-order valence-corrected chi connectivity index (χ1v) is 8.25. The Hall–Kier alpha value is 0.179. The topological polar surface area (TPSA) is 14.1 Å². The van der Waals surface area contributed by atoms with Crippen molar-refractivity contribution in [2.75, 3.05) is 0 Å². The molecule has 1 aromatic rings. The van der Waals surface area contributed by atoms with Crippen LogP contribution in [0.3, 0.4) is 0 Å². The van der Waals surface area contributed by atoms with Crippen molar-refractivity contribution in [2.45, 2.75) is 34.6 Å². The summed E-state index contributed by atoms with van der Waals surface area (Å²) in [7, 11) is 0. The smallest absolute Gasteiger partial charge is 0.222 e. The molecule has 0 unspecified atom stereocenters. The summed E-state index contributed by atoms with van der Waals surface area (Å²) in [4.78, 5) is 0. The Morgan fingerprint density at radius 2 is 1.26 bits per heavy atom. The molecule has 0 N–H and O–H groups in total. The summed E-state index contributed by atoms with van der Waals surface area (Å²) in [5.41, 5.74) is 1.14. The fourth-order valence-corrected chi connectivity index (χ4v) is 3.02. The molecule has 3 rings (SSSR count). The van der Waals surface area contributed by atoms with Gasteiger partial charge in [-0.05, 0) is 54.1 Å². The molecular formula is C20H22BrFeN+2. The van der Waals surface area contributed by atoms with Crippen molar-refractivity contribution in [1.29, 1.82) is 0 Å². The van der Waals surface area contributed by atoms with Gasteiger partial charge in [-0.2, -0.15) is 0 Å². The van der Waals surface area contributed by atoms with Gasteiger partial charge in [-0.15, -0.1) is 0 Å². The molecule has 23 heavy (non-hydrogen) atoms. The van der Waals surface area contributed by atoms with E-state index in [1.807, 2.05) is 37.1 Å². The molecule has 0 amide bonds. The summed E-state index contributed by atoms with van der Waals surface area (Å²) in [6.45, 7) is 12.8. The molecule has 120 valence electrons. The van der Waals surface area contributed by atoms with E-state index in [4.69, 9.17) is 0 Å². The Balaban J connectivity index is 0.000000224. The Labute approximate surface area is 162 Å². The van der Waals surface area contributed by atoms with E-state index in [1.54, 1.807) is 6.54 Å². The number of hydrogen-bond donors (Lipinski definition) is 0. The average molecular weight is 412 g/mol. The largest absolute Gasteiger partial charge is 2.00 e. The third-order valence-electron chi connectivity index (χ3n) is 4.52. The Morgan fingerprint density at radius 3 is 1.65 bits per heavy atom. The van der Waals surface area contributed by atoms with E-state index in [2.05, 4.69) is 55.9 Å². The Morgan fingerprint density at radius 1 is 0.783 bits per heavy atom. The van der Waals surface area contributed by atoms with Crippen LogP contribution in [-0.4, -0.2) is 0 Å². The predicted octanol–water partition coefficient (Wildman–Crippen LogP) is 5.49. The molecule has 0 atom stereocenters. The van der Waals surface area contributed by atoms with Gasteiger partial charge >= 0.3 is 17.1 Å². The van der Waals surface area contributed by atoms with Crippen molar-refractivity contribution >= 4 is 15.9 Å². The molecule has 0 aromatic heterocycles. The minimum atomic E-state index is 0. The molecule has 1 heterocycles. The van der Waals surface area contributed by atoms with Crippen LogP contribution in [-0.2, 0) is 17.1 Å². The molecule has 1 saturated carbocycles. The second kappa shape index (κ2) is 9.61. The van der Waals surface area contributed by atoms with E-state index in [0.717, 1.165) is 16.1 Å². The quantitative estimate of drug-likeness (QED) is 0.542. The number of halogens is 1. The molecule has 1 aliphatic heterocycles. The molecule has 3 heteroatoms. The third kappa shape index (κ3) is 5.08. The van der Waals surface area contributed by atoms with E-state index in [0.29, 0.717) is 0 Å². The van der Waals surface area contributed by atoms with Crippen molar-refractivity contribution in [3.8, 4) is 0 Å². The van der Waals surface area contributed by atoms with Crippen LogP contribution in [0.15, 0.2) is 28.7 Å². The summed E-state index contributed by atoms with van der Waals surface area (Å²) in [5.74, 6) is 7.34. The first-order chi connectivity index (χ1) is 10.4. The normalized spacial score (nSPS) is 22.0. The zero-order chi connectivity index (χ0) is 16.3. The molecule has 0 spiro atoms. The average Bonchev–Trinajstić information content (AvgIpc) is 3.11. The molecule has 1 nitrogen and oxygen atoms in total. The fourth-order valence-electron chi connectivity index (χ4n) is 2.54. The molecule has 2 fully saturated rings. The maximum absolute atomic E-state index is 4.22. The molecule has 0 bridgehead atoms. The van der Waals surface area contributed by atoms with Gasteiger partial charge < -0.3 is 0 Å². The van der Waals surface area contributed by atoms with E-state index < -0.39 is 0 Å². The molecule has 1 saturated heterocycles. The van der Waals surface area contributed by atoms with E-state index in [-0.39, 0.29) is 17.1 Å². The van der Waals surface area contributed by atoms with Crippen LogP contribution >= 0.6 is 15.9 Å². The Bertz CT molecular complexity index is 428. The monoisotopic (exact) mass is 411 g/mol. The van der Waals surface area contributed by atoms with E-state index in [9.17, 15) is 0 Å². The van der Waals surface area contributed by atoms with Crippen LogP contribution < -0.4 is 5.32 Å². The molecule has 1 aliphatic carbocycles. The van der Waals surface area contributed by atoms with Crippen LogP contribution in [0.4, 0.5) is 0 Å². The van der Waals surface area contributed by atoms with Gasteiger partial charge in [0.1, 0.15) is 0 Å². The van der Waals surface area contributed by atoms with Crippen molar-refractivity contribution < 1.29 is 17.1 Å². The molecule has 2 aliphatic rings. The fraction of sp³-hybridized carbons (Fsp3) is 0.250. The standard InChI is InChI=1S/C10H7BrN.C10H15.Fe/c11-9-5-2-1-4-8(9)10-6-3-7-12-10;1-6-7(2)9(4)10(5)8(6)3;/h1-7H;1-5H3;/q;;+2. The van der Waals surface area contributed by atoms with Gasteiger partial charge in [0.2, 0.25) is 0 Å². The first kappa shape index (κ1) is 21.2. The molecule has 1 aromatic carbocycles. The maximum Gasteiger partial charge on any atom is 2.00 e. The minimum Gasteiger partial charge on any atom is -0.222 e. The summed E-state index contributed by atoms with van der Waals surface area (Å²) in [6.07, 6.45) is 3.94. The second-order valence-electron chi connectivity index (χ2n) is 5.63. The summed E-state index contributed by atoms with van der Waals surface area (Å²) < 4.78 is 1.09. The van der Waals surface area contributed by atoms with Gasteiger partial charge in [-0.1, -0.05) is 68.7 Å². The van der Waals surface area contributed by atoms with Crippen LogP contribution in [0.5, 0.6) is 0 Å². The maximum atomic E-state index is 4.22.